The van der Waals surface area contributed by atoms with Gasteiger partial charge in [-0.05, 0) is 11.6 Å². The number of hydrogen-bond acceptors (Lipinski definition) is 5. The number of aliphatic carboxylic acids is 1. The second kappa shape index (κ2) is 6.38. The monoisotopic (exact) mass is 291 g/mol. The minimum atomic E-state index is -1.24. The Balaban J connectivity index is 1.96. The Morgan fingerprint density at radius 1 is 1.24 bits per heavy atom. The maximum Gasteiger partial charge on any atom is 0.324 e. The van der Waals surface area contributed by atoms with Crippen molar-refractivity contribution in [2.24, 2.45) is 11.5 Å². The lowest BCUT2D eigenvalue weighted by molar-refractivity contribution is -0.149. The number of aromatic amines is 1. The van der Waals surface area contributed by atoms with E-state index in [0.717, 1.165) is 16.5 Å². The highest BCUT2D eigenvalue weighted by molar-refractivity contribution is 5.84. The van der Waals surface area contributed by atoms with Crippen LogP contribution in [-0.2, 0) is 20.7 Å². The minimum absolute atomic E-state index is 0.297. The SMILES string of the molecule is N[C@@H](COC(=O)[C@@H](N)Cc1c[nH]c2ccccc12)C(=O)O. The van der Waals surface area contributed by atoms with Crippen molar-refractivity contribution in [3.63, 3.8) is 0 Å². The molecule has 21 heavy (non-hydrogen) atoms. The van der Waals surface area contributed by atoms with Crippen LogP contribution in [0.4, 0.5) is 0 Å². The van der Waals surface area contributed by atoms with Crippen molar-refractivity contribution in [3.05, 3.63) is 36.0 Å². The molecule has 0 bridgehead atoms. The number of ether oxygens (including phenoxy) is 1. The fourth-order valence-electron chi connectivity index (χ4n) is 1.97. The van der Waals surface area contributed by atoms with Gasteiger partial charge in [0, 0.05) is 23.5 Å². The van der Waals surface area contributed by atoms with Gasteiger partial charge in [0.1, 0.15) is 18.7 Å². The number of benzene rings is 1. The number of fused-ring (bicyclic) bond motifs is 1. The van der Waals surface area contributed by atoms with Crippen LogP contribution in [0.2, 0.25) is 0 Å². The third-order valence-electron chi connectivity index (χ3n) is 3.14. The Kier molecular flexibility index (Phi) is 4.56. The molecule has 2 aromatic rings. The molecule has 0 saturated heterocycles. The van der Waals surface area contributed by atoms with Gasteiger partial charge in [0.2, 0.25) is 0 Å². The van der Waals surface area contributed by atoms with Gasteiger partial charge in [-0.1, -0.05) is 18.2 Å². The van der Waals surface area contributed by atoms with Crippen molar-refractivity contribution >= 4 is 22.8 Å². The molecule has 0 aliphatic rings. The van der Waals surface area contributed by atoms with Crippen LogP contribution in [-0.4, -0.2) is 40.7 Å². The molecule has 6 N–H and O–H groups in total. The summed E-state index contributed by atoms with van der Waals surface area (Å²) in [6.45, 7) is -0.393. The van der Waals surface area contributed by atoms with E-state index in [4.69, 9.17) is 21.3 Å². The summed E-state index contributed by atoms with van der Waals surface area (Å²) in [6.07, 6.45) is 2.09. The molecule has 1 heterocycles. The lowest BCUT2D eigenvalue weighted by atomic mass is 10.1. The molecule has 0 aliphatic heterocycles. The quantitative estimate of drug-likeness (QED) is 0.554. The number of carbonyl (C=O) groups excluding carboxylic acids is 1. The second-order valence-corrected chi connectivity index (χ2v) is 4.74. The summed E-state index contributed by atoms with van der Waals surface area (Å²) in [6, 6.07) is 5.55. The molecule has 1 aromatic heterocycles. The van der Waals surface area contributed by atoms with Crippen molar-refractivity contribution in [2.45, 2.75) is 18.5 Å². The fourth-order valence-corrected chi connectivity index (χ4v) is 1.97. The van der Waals surface area contributed by atoms with Crippen molar-refractivity contribution < 1.29 is 19.4 Å². The molecule has 0 fully saturated rings. The standard InChI is InChI=1S/C14H17N3O4/c15-10(14(20)21-7-11(16)13(18)19)5-8-6-17-12-4-2-1-3-9(8)12/h1-4,6,10-11,17H,5,7,15-16H2,(H,18,19)/t10-,11-/m0/s1. The largest absolute Gasteiger partial charge is 0.480 e. The summed E-state index contributed by atoms with van der Waals surface area (Å²) in [7, 11) is 0. The number of aromatic nitrogens is 1. The van der Waals surface area contributed by atoms with Gasteiger partial charge in [-0.25, -0.2) is 0 Å². The van der Waals surface area contributed by atoms with E-state index in [0.29, 0.717) is 6.42 Å². The number of carboxylic acids is 1. The van der Waals surface area contributed by atoms with Gasteiger partial charge in [0.05, 0.1) is 0 Å². The molecule has 0 unspecified atom stereocenters. The highest BCUT2D eigenvalue weighted by Crippen LogP contribution is 2.18. The summed E-state index contributed by atoms with van der Waals surface area (Å²) >= 11 is 0. The molecule has 0 radical (unpaired) electrons. The second-order valence-electron chi connectivity index (χ2n) is 4.74. The van der Waals surface area contributed by atoms with Gasteiger partial charge >= 0.3 is 11.9 Å². The molecule has 0 aliphatic carbocycles. The van der Waals surface area contributed by atoms with E-state index >= 15 is 0 Å². The van der Waals surface area contributed by atoms with Crippen LogP contribution in [0, 0.1) is 0 Å². The normalized spacial score (nSPS) is 13.8. The van der Waals surface area contributed by atoms with E-state index in [9.17, 15) is 9.59 Å². The van der Waals surface area contributed by atoms with Gasteiger partial charge in [0.15, 0.2) is 0 Å². The maximum atomic E-state index is 11.7. The molecular weight excluding hydrogens is 274 g/mol. The highest BCUT2D eigenvalue weighted by Gasteiger charge is 2.20. The zero-order chi connectivity index (χ0) is 15.4. The van der Waals surface area contributed by atoms with E-state index in [1.807, 2.05) is 24.3 Å². The van der Waals surface area contributed by atoms with Crippen LogP contribution in [0.25, 0.3) is 10.9 Å². The molecule has 0 saturated carbocycles. The summed E-state index contributed by atoms with van der Waals surface area (Å²) < 4.78 is 4.81. The van der Waals surface area contributed by atoms with Gasteiger partial charge in [-0.3, -0.25) is 9.59 Å². The van der Waals surface area contributed by atoms with Gasteiger partial charge in [0.25, 0.3) is 0 Å². The van der Waals surface area contributed by atoms with Crippen LogP contribution in [0.1, 0.15) is 5.56 Å². The fraction of sp³-hybridized carbons (Fsp3) is 0.286. The topological polar surface area (TPSA) is 131 Å². The first-order valence-electron chi connectivity index (χ1n) is 6.44. The van der Waals surface area contributed by atoms with Crippen LogP contribution in [0.15, 0.2) is 30.5 Å². The van der Waals surface area contributed by atoms with E-state index in [1.165, 1.54) is 0 Å². The Hall–Kier alpha value is -2.38. The van der Waals surface area contributed by atoms with Crippen molar-refractivity contribution in [3.8, 4) is 0 Å². The van der Waals surface area contributed by atoms with Crippen LogP contribution in [0.5, 0.6) is 0 Å². The number of carbonyl (C=O) groups is 2. The summed E-state index contributed by atoms with van der Waals surface area (Å²) in [4.78, 5) is 25.4. The van der Waals surface area contributed by atoms with Gasteiger partial charge in [-0.15, -0.1) is 0 Å². The number of rotatable bonds is 6. The molecule has 0 spiro atoms. The molecule has 0 amide bonds. The Bertz CT molecular complexity index is 652. The predicted octanol–water partition coefficient (Wildman–Crippen LogP) is -0.00720. The molecule has 1 aromatic carbocycles. The van der Waals surface area contributed by atoms with E-state index in [-0.39, 0.29) is 0 Å². The molecule has 7 heteroatoms. The van der Waals surface area contributed by atoms with Crippen molar-refractivity contribution in [1.82, 2.24) is 4.98 Å². The maximum absolute atomic E-state index is 11.7. The first kappa shape index (κ1) is 15.0. The number of nitrogens with one attached hydrogen (secondary N) is 1. The first-order chi connectivity index (χ1) is 9.99. The Morgan fingerprint density at radius 2 is 1.95 bits per heavy atom. The number of hydrogen-bond donors (Lipinski definition) is 4. The molecule has 7 nitrogen and oxygen atoms in total. The zero-order valence-electron chi connectivity index (χ0n) is 11.3. The Labute approximate surface area is 120 Å². The zero-order valence-corrected chi connectivity index (χ0v) is 11.3. The van der Waals surface area contributed by atoms with Crippen LogP contribution in [0.3, 0.4) is 0 Å². The average Bonchev–Trinajstić information content (AvgIpc) is 2.87. The molecule has 112 valence electrons. The first-order valence-corrected chi connectivity index (χ1v) is 6.44. The van der Waals surface area contributed by atoms with Crippen LogP contribution < -0.4 is 11.5 Å². The van der Waals surface area contributed by atoms with Gasteiger partial charge in [-0.2, -0.15) is 0 Å². The smallest absolute Gasteiger partial charge is 0.324 e. The Morgan fingerprint density at radius 3 is 2.67 bits per heavy atom. The minimum Gasteiger partial charge on any atom is -0.480 e. The lowest BCUT2D eigenvalue weighted by Crippen LogP contribution is -2.40. The predicted molar refractivity (Wildman–Crippen MR) is 76.5 cm³/mol. The van der Waals surface area contributed by atoms with Crippen LogP contribution >= 0.6 is 0 Å². The summed E-state index contributed by atoms with van der Waals surface area (Å²) in [5.74, 6) is -1.90. The number of carboxylic acid groups (broad SMARTS) is 1. The molecule has 2 atom stereocenters. The molecular formula is C14H17N3O4. The number of esters is 1. The third kappa shape index (κ3) is 3.59. The van der Waals surface area contributed by atoms with Crippen molar-refractivity contribution in [1.29, 1.82) is 0 Å². The van der Waals surface area contributed by atoms with E-state index in [1.54, 1.807) is 6.20 Å². The van der Waals surface area contributed by atoms with Gasteiger partial charge < -0.3 is 26.3 Å². The number of para-hydroxylation sites is 1. The number of H-pyrrole nitrogens is 1. The summed E-state index contributed by atoms with van der Waals surface area (Å²) in [5, 5.41) is 9.60. The van der Waals surface area contributed by atoms with E-state index in [2.05, 4.69) is 4.98 Å². The number of nitrogens with two attached hydrogens (primary N) is 2. The summed E-state index contributed by atoms with van der Waals surface area (Å²) in [5.41, 5.74) is 12.9. The lowest BCUT2D eigenvalue weighted by Gasteiger charge is -2.12. The average molecular weight is 291 g/mol. The third-order valence-corrected chi connectivity index (χ3v) is 3.14. The van der Waals surface area contributed by atoms with Crippen molar-refractivity contribution in [2.75, 3.05) is 6.61 Å². The highest BCUT2D eigenvalue weighted by atomic mass is 16.5. The van der Waals surface area contributed by atoms with E-state index < -0.39 is 30.6 Å². The molecule has 2 rings (SSSR count).